The van der Waals surface area contributed by atoms with Crippen LogP contribution in [0.2, 0.25) is 6.22 Å². The molecule has 0 nitrogen and oxygen atoms in total. The van der Waals surface area contributed by atoms with Gasteiger partial charge in [-0.2, -0.15) is 0 Å². The Labute approximate surface area is 33.7 Å². The zero-order valence-electron chi connectivity index (χ0n) is 3.49. The van der Waals surface area contributed by atoms with Gasteiger partial charge >= 0.3 is 32.7 Å². The predicted molar refractivity (Wildman–Crippen MR) is 28.4 cm³/mol. The molecule has 0 atom stereocenters. The van der Waals surface area contributed by atoms with E-state index < -0.39 is 0 Å². The molecule has 0 bridgehead atoms. The van der Waals surface area contributed by atoms with Gasteiger partial charge < -0.3 is 0 Å². The molecule has 0 aromatic rings. The second-order valence-electron chi connectivity index (χ2n) is 1.59. The Morgan fingerprint density at radius 3 is 2.40 bits per heavy atom. The molecule has 0 aliphatic carbocycles. The molecule has 1 aliphatic heterocycles. The van der Waals surface area contributed by atoms with E-state index in [1.54, 1.807) is 5.36 Å². The van der Waals surface area contributed by atoms with Crippen LogP contribution >= 0.6 is 0 Å². The number of hydrogen-bond donors (Lipinski definition) is 0. The van der Waals surface area contributed by atoms with Crippen LogP contribution in [0.5, 0.6) is 0 Å². The molecule has 0 saturated carbocycles. The van der Waals surface area contributed by atoms with E-state index in [1.807, 2.05) is 0 Å². The van der Waals surface area contributed by atoms with Gasteiger partial charge in [0.25, 0.3) is 0 Å². The monoisotopic (exact) mass is 64.1 g/mol. The number of hydrogen-bond acceptors (Lipinski definition) is 0. The summed E-state index contributed by atoms with van der Waals surface area (Å²) in [5.74, 6) is 0. The fraction of sp³-hybridized carbons (Fsp3) is 0.667. The van der Waals surface area contributed by atoms with Crippen molar-refractivity contribution in [2.75, 3.05) is 0 Å². The van der Waals surface area contributed by atoms with Gasteiger partial charge in [-0.15, -0.1) is 0 Å². The average Bonchev–Trinajstić information content (AvgIpc) is 1.30. The average molecular weight is 63.7 g/mol. The molecule has 24 valence electrons. The Bertz CT molecular complexity index is 65.3. The molecule has 2 heteroatoms. The normalized spacial score (nSPS) is 17.4. The van der Waals surface area contributed by atoms with Crippen molar-refractivity contribution in [3.63, 3.8) is 0 Å². The quantitative estimate of drug-likeness (QED) is 0.338. The Hall–Kier alpha value is -0.000130. The first-order valence-electron chi connectivity index (χ1n) is 2.05. The van der Waals surface area contributed by atoms with Crippen LogP contribution in [0, 0.1) is 0 Å². The Morgan fingerprint density at radius 2 is 2.40 bits per heavy atom. The fourth-order valence-electron chi connectivity index (χ4n) is 0.433. The molecular weight excluding hydrogens is 57.7 g/mol. The van der Waals surface area contributed by atoms with E-state index in [4.69, 9.17) is 0 Å². The maximum atomic E-state index is 2.26. The van der Waals surface area contributed by atoms with Gasteiger partial charge in [0.2, 0.25) is 0 Å². The van der Waals surface area contributed by atoms with Crippen molar-refractivity contribution in [1.29, 1.82) is 0 Å². The summed E-state index contributed by atoms with van der Waals surface area (Å²) in [7, 11) is 1.35. The first-order valence-corrected chi connectivity index (χ1v) is 2.05. The molecule has 1 aliphatic rings. The number of rotatable bonds is 0. The maximum absolute atomic E-state index is 2.26. The third-order valence-electron chi connectivity index (χ3n) is 1.03. The van der Waals surface area contributed by atoms with Crippen molar-refractivity contribution in [3.8, 4) is 0 Å². The van der Waals surface area contributed by atoms with Crippen molar-refractivity contribution in [3.05, 3.63) is 0 Å². The zero-order chi connectivity index (χ0) is 3.70. The van der Waals surface area contributed by atoms with Crippen LogP contribution in [-0.4, -0.2) is 19.6 Å². The van der Waals surface area contributed by atoms with Crippen LogP contribution in [0.1, 0.15) is 6.92 Å². The summed E-state index contributed by atoms with van der Waals surface area (Å²) in [5.41, 5.74) is 0. The fourth-order valence-corrected chi connectivity index (χ4v) is 0.433. The van der Waals surface area contributed by atoms with Crippen molar-refractivity contribution in [2.24, 2.45) is 0 Å². The van der Waals surface area contributed by atoms with Gasteiger partial charge in [-0.05, 0) is 0 Å². The molecule has 0 unspecified atom stereocenters. The summed E-state index contributed by atoms with van der Waals surface area (Å²) in [4.78, 5) is 0. The van der Waals surface area contributed by atoms with Gasteiger partial charge in [-0.3, -0.25) is 0 Å². The molecule has 0 aromatic heterocycles. The molecule has 0 spiro atoms. The van der Waals surface area contributed by atoms with E-state index in [2.05, 4.69) is 13.8 Å². The summed E-state index contributed by atoms with van der Waals surface area (Å²) < 4.78 is 0. The van der Waals surface area contributed by atoms with Gasteiger partial charge in [0.05, 0.1) is 0 Å². The topological polar surface area (TPSA) is 0 Å². The van der Waals surface area contributed by atoms with Gasteiger partial charge in [-0.1, -0.05) is 0 Å². The van der Waals surface area contributed by atoms with Crippen molar-refractivity contribution in [1.82, 2.24) is 0 Å². The third-order valence-corrected chi connectivity index (χ3v) is 1.03. The second-order valence-corrected chi connectivity index (χ2v) is 1.59. The summed E-state index contributed by atoms with van der Waals surface area (Å²) in [6, 6.07) is 0. The van der Waals surface area contributed by atoms with E-state index >= 15 is 0 Å². The van der Waals surface area contributed by atoms with Gasteiger partial charge in [0, 0.05) is 0 Å². The minimum absolute atomic E-state index is 1.33. The molecule has 0 saturated heterocycles. The predicted octanol–water partition coefficient (Wildman–Crippen LogP) is -0.334. The summed E-state index contributed by atoms with van der Waals surface area (Å²) >= 11 is 0. The molecule has 1 heterocycles. The van der Waals surface area contributed by atoms with Crippen molar-refractivity contribution in [2.45, 2.75) is 13.1 Å². The van der Waals surface area contributed by atoms with Crippen LogP contribution in [0.3, 0.4) is 0 Å². The van der Waals surface area contributed by atoms with Crippen LogP contribution in [0.4, 0.5) is 0 Å². The zero-order valence-corrected chi connectivity index (χ0v) is 3.49. The molecule has 0 fully saturated rings. The van der Waals surface area contributed by atoms with E-state index in [0.29, 0.717) is 0 Å². The molecule has 5 heavy (non-hydrogen) atoms. The van der Waals surface area contributed by atoms with E-state index in [1.165, 1.54) is 13.5 Å². The molecule has 0 amide bonds. The first kappa shape index (κ1) is 3.20. The van der Waals surface area contributed by atoms with Crippen molar-refractivity contribution >= 4 is 19.6 Å². The van der Waals surface area contributed by atoms with Crippen LogP contribution in [0.25, 0.3) is 0 Å². The second kappa shape index (κ2) is 1.000. The van der Waals surface area contributed by atoms with Crippen LogP contribution in [-0.2, 0) is 0 Å². The van der Waals surface area contributed by atoms with E-state index in [-0.39, 0.29) is 0 Å². The summed E-state index contributed by atoms with van der Waals surface area (Å²) in [5, 5.41) is 1.56. The standard InChI is InChI=1S/C3H6B2/c1-3-4-2-5-3/h4H,2H2,1H3. The van der Waals surface area contributed by atoms with Gasteiger partial charge in [0.15, 0.2) is 0 Å². The van der Waals surface area contributed by atoms with Crippen LogP contribution in [0.15, 0.2) is 0 Å². The molecule has 1 rings (SSSR count). The summed E-state index contributed by atoms with van der Waals surface area (Å²) in [6.07, 6.45) is 1.33. The Kier molecular flexibility index (Phi) is 0.640. The molecule has 0 aromatic carbocycles. The van der Waals surface area contributed by atoms with Gasteiger partial charge in [0.1, 0.15) is 0 Å². The van der Waals surface area contributed by atoms with Gasteiger partial charge in [-0.25, -0.2) is 0 Å². The molecule has 0 radical (unpaired) electrons. The van der Waals surface area contributed by atoms with Crippen molar-refractivity contribution < 1.29 is 0 Å². The molecular formula is C3H6B2. The summed E-state index contributed by atoms with van der Waals surface area (Å²) in [6.45, 7) is 4.43. The van der Waals surface area contributed by atoms with Crippen LogP contribution < -0.4 is 0 Å². The van der Waals surface area contributed by atoms with E-state index in [0.717, 1.165) is 0 Å². The minimum atomic E-state index is 1.33. The Morgan fingerprint density at radius 1 is 2.00 bits per heavy atom. The third kappa shape index (κ3) is 0.444. The Balaban J connectivity index is 2.51. The van der Waals surface area contributed by atoms with E-state index in [9.17, 15) is 0 Å². The SMILES string of the molecule is CC1=BCB1. The first-order chi connectivity index (χ1) is 2.39. The molecule has 0 N–H and O–H groups in total.